The minimum absolute atomic E-state index is 0.0254. The van der Waals surface area contributed by atoms with E-state index >= 15 is 0 Å². The van der Waals surface area contributed by atoms with Crippen LogP contribution in [0.15, 0.2) is 24.3 Å². The van der Waals surface area contributed by atoms with Gasteiger partial charge in [-0.05, 0) is 11.5 Å². The zero-order valence-corrected chi connectivity index (χ0v) is 10.3. The maximum Gasteiger partial charge on any atom is 0.320 e. The van der Waals surface area contributed by atoms with Crippen molar-refractivity contribution in [2.24, 2.45) is 5.92 Å². The lowest BCUT2D eigenvalue weighted by Crippen LogP contribution is -2.40. The Morgan fingerprint density at radius 2 is 1.94 bits per heavy atom. The predicted molar refractivity (Wildman–Crippen MR) is 66.2 cm³/mol. The normalized spacial score (nSPS) is 12.4. The molecule has 0 spiro atoms. The second-order valence-electron chi connectivity index (χ2n) is 4.36. The van der Waals surface area contributed by atoms with E-state index in [1.807, 2.05) is 13.8 Å². The number of nitrogens with one attached hydrogen (secondary N) is 1. The van der Waals surface area contributed by atoms with Crippen molar-refractivity contribution in [3.63, 3.8) is 0 Å². The van der Waals surface area contributed by atoms with Crippen molar-refractivity contribution in [1.29, 1.82) is 0 Å². The minimum Gasteiger partial charge on any atom is -0.480 e. The van der Waals surface area contributed by atoms with Crippen LogP contribution in [0.25, 0.3) is 0 Å². The van der Waals surface area contributed by atoms with Crippen LogP contribution in [0.4, 0.5) is 5.69 Å². The standard InChI is InChI=1S/C12H16N2O4/c1-8(2)11(12(15)16)13-7-9-3-5-10(6-4-9)14(17)18/h3-6,8,11,13H,7H2,1-2H3,(H,15,16). The fourth-order valence-electron chi connectivity index (χ4n) is 1.57. The molecule has 1 aromatic rings. The van der Waals surface area contributed by atoms with Gasteiger partial charge in [-0.25, -0.2) is 0 Å². The molecule has 0 aliphatic heterocycles. The summed E-state index contributed by atoms with van der Waals surface area (Å²) in [5.41, 5.74) is 0.838. The van der Waals surface area contributed by atoms with Crippen molar-refractivity contribution >= 4 is 11.7 Å². The Balaban J connectivity index is 2.62. The van der Waals surface area contributed by atoms with Gasteiger partial charge in [0.05, 0.1) is 4.92 Å². The van der Waals surface area contributed by atoms with E-state index in [0.29, 0.717) is 6.54 Å². The molecular formula is C12H16N2O4. The van der Waals surface area contributed by atoms with Crippen LogP contribution in [0.3, 0.4) is 0 Å². The first-order chi connectivity index (χ1) is 8.41. The van der Waals surface area contributed by atoms with Gasteiger partial charge in [-0.1, -0.05) is 26.0 Å². The number of carboxylic acids is 1. The highest BCUT2D eigenvalue weighted by atomic mass is 16.6. The molecule has 1 atom stereocenters. The van der Waals surface area contributed by atoms with Crippen molar-refractivity contribution in [2.75, 3.05) is 0 Å². The van der Waals surface area contributed by atoms with Crippen LogP contribution in [-0.4, -0.2) is 22.0 Å². The van der Waals surface area contributed by atoms with E-state index in [0.717, 1.165) is 5.56 Å². The number of hydrogen-bond acceptors (Lipinski definition) is 4. The second kappa shape index (κ2) is 6.11. The summed E-state index contributed by atoms with van der Waals surface area (Å²) in [6.07, 6.45) is 0. The van der Waals surface area contributed by atoms with Crippen molar-refractivity contribution in [1.82, 2.24) is 5.32 Å². The molecule has 1 unspecified atom stereocenters. The van der Waals surface area contributed by atoms with Crippen molar-refractivity contribution in [2.45, 2.75) is 26.4 Å². The van der Waals surface area contributed by atoms with E-state index in [-0.39, 0.29) is 11.6 Å². The highest BCUT2D eigenvalue weighted by Crippen LogP contribution is 2.12. The third kappa shape index (κ3) is 3.81. The number of hydrogen-bond donors (Lipinski definition) is 2. The molecule has 18 heavy (non-hydrogen) atoms. The summed E-state index contributed by atoms with van der Waals surface area (Å²) in [4.78, 5) is 21.0. The second-order valence-corrected chi connectivity index (χ2v) is 4.36. The lowest BCUT2D eigenvalue weighted by Gasteiger charge is -2.17. The first kappa shape index (κ1) is 14.1. The quantitative estimate of drug-likeness (QED) is 0.594. The summed E-state index contributed by atoms with van der Waals surface area (Å²) >= 11 is 0. The monoisotopic (exact) mass is 252 g/mol. The smallest absolute Gasteiger partial charge is 0.320 e. The Kier molecular flexibility index (Phi) is 4.79. The van der Waals surface area contributed by atoms with Gasteiger partial charge in [0.1, 0.15) is 6.04 Å². The third-order valence-electron chi connectivity index (χ3n) is 2.61. The molecule has 0 aliphatic carbocycles. The van der Waals surface area contributed by atoms with Crippen LogP contribution in [0.1, 0.15) is 19.4 Å². The zero-order chi connectivity index (χ0) is 13.7. The molecule has 0 bridgehead atoms. The summed E-state index contributed by atoms with van der Waals surface area (Å²) < 4.78 is 0. The van der Waals surface area contributed by atoms with Gasteiger partial charge in [0.15, 0.2) is 0 Å². The molecule has 0 fully saturated rings. The van der Waals surface area contributed by atoms with Crippen LogP contribution in [0.5, 0.6) is 0 Å². The topological polar surface area (TPSA) is 92.5 Å². The number of carboxylic acid groups (broad SMARTS) is 1. The molecule has 0 heterocycles. The lowest BCUT2D eigenvalue weighted by molar-refractivity contribution is -0.384. The zero-order valence-electron chi connectivity index (χ0n) is 10.3. The number of non-ortho nitro benzene ring substituents is 1. The Hall–Kier alpha value is -1.95. The fourth-order valence-corrected chi connectivity index (χ4v) is 1.57. The number of rotatable bonds is 6. The molecule has 2 N–H and O–H groups in total. The van der Waals surface area contributed by atoms with Crippen LogP contribution in [0.2, 0.25) is 0 Å². The minimum atomic E-state index is -0.896. The molecule has 1 aromatic carbocycles. The Morgan fingerprint density at radius 1 is 1.39 bits per heavy atom. The van der Waals surface area contributed by atoms with Crippen LogP contribution < -0.4 is 5.32 Å². The molecule has 0 aliphatic rings. The van der Waals surface area contributed by atoms with Gasteiger partial charge in [0, 0.05) is 18.7 Å². The van der Waals surface area contributed by atoms with E-state index in [4.69, 9.17) is 5.11 Å². The number of aliphatic carboxylic acids is 1. The lowest BCUT2D eigenvalue weighted by atomic mass is 10.0. The maximum absolute atomic E-state index is 11.0. The third-order valence-corrected chi connectivity index (χ3v) is 2.61. The van der Waals surface area contributed by atoms with Gasteiger partial charge < -0.3 is 10.4 Å². The number of nitro groups is 1. The highest BCUT2D eigenvalue weighted by molar-refractivity contribution is 5.73. The summed E-state index contributed by atoms with van der Waals surface area (Å²) in [7, 11) is 0. The highest BCUT2D eigenvalue weighted by Gasteiger charge is 2.20. The van der Waals surface area contributed by atoms with E-state index in [9.17, 15) is 14.9 Å². The number of nitrogens with zero attached hydrogens (tertiary/aromatic N) is 1. The van der Waals surface area contributed by atoms with Gasteiger partial charge >= 0.3 is 5.97 Å². The summed E-state index contributed by atoms with van der Waals surface area (Å²) in [5.74, 6) is -0.924. The Morgan fingerprint density at radius 3 is 2.33 bits per heavy atom. The van der Waals surface area contributed by atoms with Crippen LogP contribution in [0, 0.1) is 16.0 Å². The summed E-state index contributed by atoms with van der Waals surface area (Å²) in [6.45, 7) is 4.01. The van der Waals surface area contributed by atoms with Gasteiger partial charge in [-0.15, -0.1) is 0 Å². The average Bonchev–Trinajstić information content (AvgIpc) is 2.28. The Bertz CT molecular complexity index is 428. The van der Waals surface area contributed by atoms with Gasteiger partial charge in [0.25, 0.3) is 5.69 Å². The predicted octanol–water partition coefficient (Wildman–Crippen LogP) is 1.79. The first-order valence-corrected chi connectivity index (χ1v) is 5.61. The summed E-state index contributed by atoms with van der Waals surface area (Å²) in [6, 6.07) is 5.42. The molecule has 6 heteroatoms. The SMILES string of the molecule is CC(C)C(NCc1ccc([N+](=O)[O-])cc1)C(=O)O. The average molecular weight is 252 g/mol. The molecular weight excluding hydrogens is 236 g/mol. The van der Waals surface area contributed by atoms with Gasteiger partial charge in [-0.3, -0.25) is 14.9 Å². The summed E-state index contributed by atoms with van der Waals surface area (Å²) in [5, 5.41) is 22.4. The van der Waals surface area contributed by atoms with E-state index in [1.165, 1.54) is 12.1 Å². The fraction of sp³-hybridized carbons (Fsp3) is 0.417. The van der Waals surface area contributed by atoms with Crippen molar-refractivity contribution < 1.29 is 14.8 Å². The number of benzene rings is 1. The molecule has 0 amide bonds. The van der Waals surface area contributed by atoms with E-state index in [2.05, 4.69) is 5.32 Å². The molecule has 0 radical (unpaired) electrons. The van der Waals surface area contributed by atoms with E-state index < -0.39 is 16.9 Å². The molecule has 6 nitrogen and oxygen atoms in total. The first-order valence-electron chi connectivity index (χ1n) is 5.61. The van der Waals surface area contributed by atoms with Crippen LogP contribution in [-0.2, 0) is 11.3 Å². The van der Waals surface area contributed by atoms with Gasteiger partial charge in [-0.2, -0.15) is 0 Å². The van der Waals surface area contributed by atoms with Crippen molar-refractivity contribution in [3.05, 3.63) is 39.9 Å². The van der Waals surface area contributed by atoms with Crippen LogP contribution >= 0.6 is 0 Å². The molecule has 98 valence electrons. The molecule has 0 saturated heterocycles. The van der Waals surface area contributed by atoms with E-state index in [1.54, 1.807) is 12.1 Å². The Labute approximate surface area is 105 Å². The number of nitro benzene ring substituents is 1. The van der Waals surface area contributed by atoms with Gasteiger partial charge in [0.2, 0.25) is 0 Å². The maximum atomic E-state index is 11.0. The van der Waals surface area contributed by atoms with Crippen molar-refractivity contribution in [3.8, 4) is 0 Å². The molecule has 0 saturated carbocycles. The number of carbonyl (C=O) groups is 1. The largest absolute Gasteiger partial charge is 0.480 e. The molecule has 0 aromatic heterocycles. The molecule has 1 rings (SSSR count).